The molecule has 2 aromatic carbocycles. The molecule has 0 saturated heterocycles. The van der Waals surface area contributed by atoms with Gasteiger partial charge in [-0.1, -0.05) is 74.5 Å². The molecule has 0 spiro atoms. The lowest BCUT2D eigenvalue weighted by atomic mass is 10.2. The number of benzene rings is 2. The van der Waals surface area contributed by atoms with Crippen molar-refractivity contribution in [3.8, 4) is 0 Å². The van der Waals surface area contributed by atoms with Crippen molar-refractivity contribution in [3.63, 3.8) is 0 Å². The lowest BCUT2D eigenvalue weighted by Crippen LogP contribution is -2.40. The van der Waals surface area contributed by atoms with E-state index in [1.807, 2.05) is 0 Å². The zero-order valence-corrected chi connectivity index (χ0v) is 16.8. The van der Waals surface area contributed by atoms with Crippen LogP contribution >= 0.6 is 12.2 Å². The predicted octanol–water partition coefficient (Wildman–Crippen LogP) is 4.30. The Morgan fingerprint density at radius 2 is 1.35 bits per heavy atom. The van der Waals surface area contributed by atoms with E-state index in [4.69, 9.17) is 12.2 Å². The lowest BCUT2D eigenvalue weighted by Gasteiger charge is -2.27. The smallest absolute Gasteiger partial charge is 0.169 e. The summed E-state index contributed by atoms with van der Waals surface area (Å²) in [6.07, 6.45) is 1.10. The van der Waals surface area contributed by atoms with E-state index in [-0.39, 0.29) is 0 Å². The van der Waals surface area contributed by atoms with Gasteiger partial charge in [0.05, 0.1) is 0 Å². The first kappa shape index (κ1) is 20.4. The zero-order valence-electron chi connectivity index (χ0n) is 16.0. The minimum atomic E-state index is 0.817. The van der Waals surface area contributed by atoms with Crippen molar-refractivity contribution < 1.29 is 0 Å². The van der Waals surface area contributed by atoms with Gasteiger partial charge in [-0.05, 0) is 49.4 Å². The summed E-state index contributed by atoms with van der Waals surface area (Å²) >= 11 is 5.71. The van der Waals surface area contributed by atoms with Crippen LogP contribution in [0.2, 0.25) is 0 Å². The highest BCUT2D eigenvalue weighted by Gasteiger charge is 2.11. The Morgan fingerprint density at radius 3 is 1.81 bits per heavy atom. The average Bonchev–Trinajstić information content (AvgIpc) is 2.69. The molecule has 0 atom stereocenters. The van der Waals surface area contributed by atoms with Crippen molar-refractivity contribution in [1.29, 1.82) is 0 Å². The fourth-order valence-electron chi connectivity index (χ4n) is 2.96. The van der Waals surface area contributed by atoms with E-state index in [1.54, 1.807) is 0 Å². The molecule has 0 heterocycles. The summed E-state index contributed by atoms with van der Waals surface area (Å²) in [4.78, 5) is 4.69. The van der Waals surface area contributed by atoms with E-state index in [9.17, 15) is 0 Å². The van der Waals surface area contributed by atoms with Crippen LogP contribution in [0.1, 0.15) is 31.4 Å². The van der Waals surface area contributed by atoms with Gasteiger partial charge in [0.15, 0.2) is 5.11 Å². The number of rotatable bonds is 10. The van der Waals surface area contributed by atoms with Crippen LogP contribution in [0, 0.1) is 0 Å². The normalized spacial score (nSPS) is 10.7. The topological polar surface area (TPSA) is 18.5 Å². The fraction of sp³-hybridized carbons (Fsp3) is 0.409. The van der Waals surface area contributed by atoms with E-state index in [2.05, 4.69) is 89.6 Å². The van der Waals surface area contributed by atoms with Crippen molar-refractivity contribution in [1.82, 2.24) is 15.1 Å². The number of thiocarbonyl (C=S) groups is 1. The molecule has 0 aromatic heterocycles. The molecule has 140 valence electrons. The SMILES string of the molecule is CCN(CC)CCCNC(=S)N(Cc1ccccc1)Cc1ccccc1. The average molecular weight is 370 g/mol. The minimum absolute atomic E-state index is 0.817. The molecule has 26 heavy (non-hydrogen) atoms. The molecular formula is C22H31N3S. The van der Waals surface area contributed by atoms with Crippen molar-refractivity contribution >= 4 is 17.3 Å². The largest absolute Gasteiger partial charge is 0.363 e. The second-order valence-corrected chi connectivity index (χ2v) is 6.83. The van der Waals surface area contributed by atoms with Crippen LogP contribution in [0.4, 0.5) is 0 Å². The van der Waals surface area contributed by atoms with E-state index < -0.39 is 0 Å². The van der Waals surface area contributed by atoms with E-state index >= 15 is 0 Å². The molecule has 0 fully saturated rings. The lowest BCUT2D eigenvalue weighted by molar-refractivity contribution is 0.299. The summed E-state index contributed by atoms with van der Waals surface area (Å²) in [5.41, 5.74) is 2.55. The Morgan fingerprint density at radius 1 is 0.846 bits per heavy atom. The molecule has 3 nitrogen and oxygen atoms in total. The summed E-state index contributed by atoms with van der Waals surface area (Å²) in [5, 5.41) is 4.29. The molecule has 0 unspecified atom stereocenters. The van der Waals surface area contributed by atoms with Gasteiger partial charge < -0.3 is 15.1 Å². The van der Waals surface area contributed by atoms with Gasteiger partial charge >= 0.3 is 0 Å². The summed E-state index contributed by atoms with van der Waals surface area (Å²) in [6.45, 7) is 10.3. The summed E-state index contributed by atoms with van der Waals surface area (Å²) in [7, 11) is 0. The highest BCUT2D eigenvalue weighted by molar-refractivity contribution is 7.80. The van der Waals surface area contributed by atoms with Crippen LogP contribution in [0.3, 0.4) is 0 Å². The minimum Gasteiger partial charge on any atom is -0.363 e. The molecule has 0 radical (unpaired) electrons. The van der Waals surface area contributed by atoms with Gasteiger partial charge in [-0.15, -0.1) is 0 Å². The number of hydrogen-bond donors (Lipinski definition) is 1. The maximum Gasteiger partial charge on any atom is 0.169 e. The number of nitrogens with one attached hydrogen (secondary N) is 1. The van der Waals surface area contributed by atoms with Gasteiger partial charge in [0.25, 0.3) is 0 Å². The molecular weight excluding hydrogens is 338 g/mol. The van der Waals surface area contributed by atoms with Gasteiger partial charge in [0.2, 0.25) is 0 Å². The Bertz CT molecular complexity index is 585. The first-order valence-corrected chi connectivity index (χ1v) is 9.96. The van der Waals surface area contributed by atoms with E-state index in [1.165, 1.54) is 11.1 Å². The third-order valence-corrected chi connectivity index (χ3v) is 4.94. The first-order valence-electron chi connectivity index (χ1n) is 9.56. The molecule has 0 saturated carbocycles. The number of nitrogens with zero attached hydrogens (tertiary/aromatic N) is 2. The molecule has 2 rings (SSSR count). The van der Waals surface area contributed by atoms with Gasteiger partial charge in [0, 0.05) is 19.6 Å². The maximum atomic E-state index is 5.71. The highest BCUT2D eigenvalue weighted by Crippen LogP contribution is 2.10. The summed E-state index contributed by atoms with van der Waals surface area (Å²) in [5.74, 6) is 0. The Balaban J connectivity index is 1.92. The monoisotopic (exact) mass is 369 g/mol. The van der Waals surface area contributed by atoms with Crippen LogP contribution < -0.4 is 5.32 Å². The van der Waals surface area contributed by atoms with Crippen LogP contribution in [-0.2, 0) is 13.1 Å². The predicted molar refractivity (Wildman–Crippen MR) is 115 cm³/mol. The summed E-state index contributed by atoms with van der Waals surface area (Å²) < 4.78 is 0. The van der Waals surface area contributed by atoms with Gasteiger partial charge in [-0.25, -0.2) is 0 Å². The molecule has 1 N–H and O–H groups in total. The maximum absolute atomic E-state index is 5.71. The molecule has 0 amide bonds. The quantitative estimate of drug-likeness (QED) is 0.497. The molecule has 0 bridgehead atoms. The third-order valence-electron chi connectivity index (χ3n) is 4.54. The van der Waals surface area contributed by atoms with Crippen molar-refractivity contribution in [3.05, 3.63) is 71.8 Å². The van der Waals surface area contributed by atoms with Crippen LogP contribution in [0.25, 0.3) is 0 Å². The molecule has 0 aliphatic carbocycles. The molecule has 0 aliphatic heterocycles. The van der Waals surface area contributed by atoms with Gasteiger partial charge in [-0.3, -0.25) is 0 Å². The Hall–Kier alpha value is -1.91. The van der Waals surface area contributed by atoms with E-state index in [0.29, 0.717) is 0 Å². The van der Waals surface area contributed by atoms with Crippen molar-refractivity contribution in [2.75, 3.05) is 26.2 Å². The van der Waals surface area contributed by atoms with Crippen LogP contribution in [-0.4, -0.2) is 41.1 Å². The second kappa shape index (κ2) is 11.7. The van der Waals surface area contributed by atoms with Crippen molar-refractivity contribution in [2.24, 2.45) is 0 Å². The number of hydrogen-bond acceptors (Lipinski definition) is 2. The Labute approximate surface area is 164 Å². The second-order valence-electron chi connectivity index (χ2n) is 6.44. The van der Waals surface area contributed by atoms with Gasteiger partial charge in [0.1, 0.15) is 0 Å². The van der Waals surface area contributed by atoms with Crippen LogP contribution in [0.15, 0.2) is 60.7 Å². The summed E-state index contributed by atoms with van der Waals surface area (Å²) in [6, 6.07) is 21.0. The zero-order chi connectivity index (χ0) is 18.6. The highest BCUT2D eigenvalue weighted by atomic mass is 32.1. The first-order chi connectivity index (χ1) is 12.7. The third kappa shape index (κ3) is 7.14. The van der Waals surface area contributed by atoms with Gasteiger partial charge in [-0.2, -0.15) is 0 Å². The van der Waals surface area contributed by atoms with Crippen LogP contribution in [0.5, 0.6) is 0 Å². The molecule has 2 aromatic rings. The Kier molecular flexibility index (Phi) is 9.15. The molecule has 4 heteroatoms. The van der Waals surface area contributed by atoms with Crippen molar-refractivity contribution in [2.45, 2.75) is 33.4 Å². The molecule has 0 aliphatic rings. The van der Waals surface area contributed by atoms with E-state index in [0.717, 1.165) is 50.8 Å². The standard InChI is InChI=1S/C22H31N3S/c1-3-24(4-2)17-11-16-23-22(26)25(18-20-12-7-5-8-13-20)19-21-14-9-6-10-15-21/h5-10,12-15H,3-4,11,16-19H2,1-2H3,(H,23,26). The fourth-order valence-corrected chi connectivity index (χ4v) is 3.19.